The van der Waals surface area contributed by atoms with Crippen molar-refractivity contribution >= 4 is 11.6 Å². The fourth-order valence-corrected chi connectivity index (χ4v) is 1.98. The second kappa shape index (κ2) is 6.35. The van der Waals surface area contributed by atoms with Crippen molar-refractivity contribution in [2.45, 2.75) is 20.4 Å². The molecular formula is C16H20N2O3. The van der Waals surface area contributed by atoms with Crippen LogP contribution in [0.15, 0.2) is 34.7 Å². The molecule has 0 bridgehead atoms. The summed E-state index contributed by atoms with van der Waals surface area (Å²) in [5.74, 6) is 2.15. The first-order chi connectivity index (χ1) is 9.95. The lowest BCUT2D eigenvalue weighted by atomic mass is 10.2. The summed E-state index contributed by atoms with van der Waals surface area (Å²) in [7, 11) is 1.72. The molecule has 2 aromatic rings. The number of hydrogen-bond acceptors (Lipinski definition) is 4. The molecule has 5 heteroatoms. The smallest absolute Gasteiger partial charge is 0.260 e. The van der Waals surface area contributed by atoms with E-state index in [1.807, 2.05) is 32.0 Å². The third-order valence-corrected chi connectivity index (χ3v) is 3.16. The van der Waals surface area contributed by atoms with Gasteiger partial charge in [-0.2, -0.15) is 0 Å². The molecule has 0 saturated carbocycles. The first-order valence-electron chi connectivity index (χ1n) is 6.74. The average molecular weight is 288 g/mol. The van der Waals surface area contributed by atoms with Gasteiger partial charge in [0, 0.05) is 12.7 Å². The van der Waals surface area contributed by atoms with Crippen molar-refractivity contribution in [3.63, 3.8) is 0 Å². The SMILES string of the molecule is Cc1ccc(CN(C)C(=O)COc2ccc(N)cc2C)o1. The third-order valence-electron chi connectivity index (χ3n) is 3.16. The average Bonchev–Trinajstić information content (AvgIpc) is 2.82. The van der Waals surface area contributed by atoms with Gasteiger partial charge in [-0.05, 0) is 49.7 Å². The first-order valence-corrected chi connectivity index (χ1v) is 6.74. The van der Waals surface area contributed by atoms with Crippen LogP contribution >= 0.6 is 0 Å². The number of nitrogens with zero attached hydrogens (tertiary/aromatic N) is 1. The highest BCUT2D eigenvalue weighted by Gasteiger charge is 2.12. The molecule has 0 spiro atoms. The Hall–Kier alpha value is -2.43. The maximum Gasteiger partial charge on any atom is 0.260 e. The predicted octanol–water partition coefficient (Wildman–Crippen LogP) is 2.52. The minimum Gasteiger partial charge on any atom is -0.483 e. The molecule has 0 aliphatic rings. The van der Waals surface area contributed by atoms with E-state index < -0.39 is 0 Å². The van der Waals surface area contributed by atoms with Gasteiger partial charge in [0.1, 0.15) is 17.3 Å². The molecular weight excluding hydrogens is 268 g/mol. The number of amides is 1. The van der Waals surface area contributed by atoms with Gasteiger partial charge in [0.25, 0.3) is 5.91 Å². The number of likely N-dealkylation sites (N-methyl/N-ethyl adjacent to an activating group) is 1. The number of carbonyl (C=O) groups excluding carboxylic acids is 1. The van der Waals surface area contributed by atoms with Gasteiger partial charge in [-0.25, -0.2) is 0 Å². The van der Waals surface area contributed by atoms with E-state index in [0.717, 1.165) is 17.1 Å². The fourth-order valence-electron chi connectivity index (χ4n) is 1.98. The van der Waals surface area contributed by atoms with Crippen molar-refractivity contribution in [3.05, 3.63) is 47.4 Å². The zero-order valence-electron chi connectivity index (χ0n) is 12.6. The standard InChI is InChI=1S/C16H20N2O3/c1-11-8-13(17)5-7-15(11)20-10-16(19)18(3)9-14-6-4-12(2)21-14/h4-8H,9-10,17H2,1-3H3. The molecule has 1 aromatic carbocycles. The van der Waals surface area contributed by atoms with E-state index in [9.17, 15) is 4.79 Å². The summed E-state index contributed by atoms with van der Waals surface area (Å²) >= 11 is 0. The Labute approximate surface area is 124 Å². The van der Waals surface area contributed by atoms with Crippen LogP contribution in [0.5, 0.6) is 5.75 Å². The van der Waals surface area contributed by atoms with Gasteiger partial charge in [-0.1, -0.05) is 0 Å². The Morgan fingerprint density at radius 3 is 2.67 bits per heavy atom. The monoisotopic (exact) mass is 288 g/mol. The van der Waals surface area contributed by atoms with Crippen LogP contribution in [0, 0.1) is 13.8 Å². The van der Waals surface area contributed by atoms with E-state index in [-0.39, 0.29) is 12.5 Å². The molecule has 21 heavy (non-hydrogen) atoms. The molecule has 0 saturated heterocycles. The molecule has 0 fully saturated rings. The highest BCUT2D eigenvalue weighted by Crippen LogP contribution is 2.20. The van der Waals surface area contributed by atoms with Crippen LogP contribution in [0.2, 0.25) is 0 Å². The third kappa shape index (κ3) is 4.02. The molecule has 2 N–H and O–H groups in total. The highest BCUT2D eigenvalue weighted by molar-refractivity contribution is 5.77. The quantitative estimate of drug-likeness (QED) is 0.858. The van der Waals surface area contributed by atoms with Crippen LogP contribution in [0.1, 0.15) is 17.1 Å². The maximum atomic E-state index is 12.0. The maximum absolute atomic E-state index is 12.0. The Kier molecular flexibility index (Phi) is 4.52. The number of nitrogen functional groups attached to an aromatic ring is 1. The zero-order valence-corrected chi connectivity index (χ0v) is 12.6. The summed E-state index contributed by atoms with van der Waals surface area (Å²) in [5.41, 5.74) is 7.27. The Balaban J connectivity index is 1.89. The lowest BCUT2D eigenvalue weighted by Gasteiger charge is -2.16. The molecule has 1 heterocycles. The second-order valence-electron chi connectivity index (χ2n) is 5.08. The lowest BCUT2D eigenvalue weighted by Crippen LogP contribution is -2.30. The summed E-state index contributed by atoms with van der Waals surface area (Å²) in [5, 5.41) is 0. The lowest BCUT2D eigenvalue weighted by molar-refractivity contribution is -0.132. The van der Waals surface area contributed by atoms with Crippen molar-refractivity contribution in [1.82, 2.24) is 4.90 Å². The van der Waals surface area contributed by atoms with Crippen molar-refractivity contribution < 1.29 is 13.9 Å². The number of hydrogen-bond donors (Lipinski definition) is 1. The molecule has 1 aromatic heterocycles. The van der Waals surface area contributed by atoms with Gasteiger partial charge in [-0.15, -0.1) is 0 Å². The van der Waals surface area contributed by atoms with Crippen molar-refractivity contribution in [2.24, 2.45) is 0 Å². The van der Waals surface area contributed by atoms with Crippen molar-refractivity contribution in [3.8, 4) is 5.75 Å². The first kappa shape index (κ1) is 15.0. The van der Waals surface area contributed by atoms with Crippen LogP contribution in [0.4, 0.5) is 5.69 Å². The number of furan rings is 1. The molecule has 0 unspecified atom stereocenters. The van der Waals surface area contributed by atoms with Gasteiger partial charge in [0.05, 0.1) is 6.54 Å². The Bertz CT molecular complexity index is 634. The van der Waals surface area contributed by atoms with Crippen LogP contribution in [0.25, 0.3) is 0 Å². The van der Waals surface area contributed by atoms with E-state index in [1.54, 1.807) is 24.1 Å². The topological polar surface area (TPSA) is 68.7 Å². The van der Waals surface area contributed by atoms with Crippen LogP contribution in [0.3, 0.4) is 0 Å². The summed E-state index contributed by atoms with van der Waals surface area (Å²) in [6.07, 6.45) is 0. The molecule has 2 rings (SSSR count). The molecule has 1 amide bonds. The molecule has 0 radical (unpaired) electrons. The number of anilines is 1. The molecule has 112 valence electrons. The Morgan fingerprint density at radius 1 is 1.29 bits per heavy atom. The normalized spacial score (nSPS) is 10.4. The fraction of sp³-hybridized carbons (Fsp3) is 0.312. The van der Waals surface area contributed by atoms with E-state index in [4.69, 9.17) is 14.9 Å². The van der Waals surface area contributed by atoms with Crippen molar-refractivity contribution in [2.75, 3.05) is 19.4 Å². The molecule has 0 aliphatic carbocycles. The number of carbonyl (C=O) groups is 1. The predicted molar refractivity (Wildman–Crippen MR) is 81.0 cm³/mol. The largest absolute Gasteiger partial charge is 0.483 e. The summed E-state index contributed by atoms with van der Waals surface area (Å²) in [6, 6.07) is 9.08. The van der Waals surface area contributed by atoms with Gasteiger partial charge >= 0.3 is 0 Å². The number of benzene rings is 1. The van der Waals surface area contributed by atoms with Gasteiger partial charge in [-0.3, -0.25) is 4.79 Å². The van der Waals surface area contributed by atoms with Crippen LogP contribution < -0.4 is 10.5 Å². The Morgan fingerprint density at radius 2 is 2.05 bits per heavy atom. The van der Waals surface area contributed by atoms with Crippen molar-refractivity contribution in [1.29, 1.82) is 0 Å². The minimum atomic E-state index is -0.111. The van der Waals surface area contributed by atoms with Gasteiger partial charge in [0.15, 0.2) is 6.61 Å². The van der Waals surface area contributed by atoms with Crippen LogP contribution in [-0.4, -0.2) is 24.5 Å². The summed E-state index contributed by atoms with van der Waals surface area (Å²) < 4.78 is 11.0. The summed E-state index contributed by atoms with van der Waals surface area (Å²) in [4.78, 5) is 13.6. The number of aryl methyl sites for hydroxylation is 2. The second-order valence-corrected chi connectivity index (χ2v) is 5.08. The molecule has 0 atom stereocenters. The number of nitrogens with two attached hydrogens (primary N) is 1. The van der Waals surface area contributed by atoms with Gasteiger partial charge < -0.3 is 19.8 Å². The van der Waals surface area contributed by atoms with E-state index in [1.165, 1.54) is 0 Å². The zero-order chi connectivity index (χ0) is 15.4. The minimum absolute atomic E-state index is 0.0129. The van der Waals surface area contributed by atoms with Gasteiger partial charge in [0.2, 0.25) is 0 Å². The highest BCUT2D eigenvalue weighted by atomic mass is 16.5. The van der Waals surface area contributed by atoms with E-state index in [0.29, 0.717) is 18.0 Å². The molecule has 5 nitrogen and oxygen atoms in total. The molecule has 0 aliphatic heterocycles. The summed E-state index contributed by atoms with van der Waals surface area (Å²) in [6.45, 7) is 4.18. The number of rotatable bonds is 5. The van der Waals surface area contributed by atoms with E-state index >= 15 is 0 Å². The van der Waals surface area contributed by atoms with E-state index in [2.05, 4.69) is 0 Å². The number of ether oxygens (including phenoxy) is 1. The van der Waals surface area contributed by atoms with Crippen LogP contribution in [-0.2, 0) is 11.3 Å².